The summed E-state index contributed by atoms with van der Waals surface area (Å²) in [6.07, 6.45) is 2.00. The molecule has 0 aromatic carbocycles. The van der Waals surface area contributed by atoms with Gasteiger partial charge in [0.05, 0.1) is 18.9 Å². The van der Waals surface area contributed by atoms with Crippen LogP contribution in [0.15, 0.2) is 4.99 Å². The van der Waals surface area contributed by atoms with E-state index in [0.717, 1.165) is 13.1 Å². The van der Waals surface area contributed by atoms with Gasteiger partial charge in [0.2, 0.25) is 0 Å². The van der Waals surface area contributed by atoms with E-state index in [2.05, 4.69) is 21.8 Å². The molecule has 2 rings (SSSR count). The highest BCUT2D eigenvalue weighted by atomic mass is 15.3. The lowest BCUT2D eigenvalue weighted by atomic mass is 10.2. The fraction of sp³-hybridized carbons (Fsp3) is 0.857. The standard InChI is InChI=1S/C7H13N3/c1-9-2-3-10-6-8-4-7(10)5-9/h6-7H,2-5H2,1H3. The highest BCUT2D eigenvalue weighted by Crippen LogP contribution is 2.10. The van der Waals surface area contributed by atoms with Gasteiger partial charge >= 0.3 is 0 Å². The van der Waals surface area contributed by atoms with Crippen molar-refractivity contribution >= 4 is 6.34 Å². The van der Waals surface area contributed by atoms with Crippen LogP contribution in [0.25, 0.3) is 0 Å². The molecule has 0 N–H and O–H groups in total. The molecule has 0 spiro atoms. The molecule has 1 unspecified atom stereocenters. The van der Waals surface area contributed by atoms with Crippen LogP contribution >= 0.6 is 0 Å². The highest BCUT2D eigenvalue weighted by Gasteiger charge is 2.25. The summed E-state index contributed by atoms with van der Waals surface area (Å²) in [4.78, 5) is 8.95. The Hall–Kier alpha value is -0.570. The van der Waals surface area contributed by atoms with Crippen molar-refractivity contribution in [3.05, 3.63) is 0 Å². The molecule has 56 valence electrons. The maximum atomic E-state index is 4.24. The van der Waals surface area contributed by atoms with E-state index in [1.807, 2.05) is 6.34 Å². The molecule has 0 aromatic heterocycles. The van der Waals surface area contributed by atoms with Gasteiger partial charge in [-0.1, -0.05) is 0 Å². The number of nitrogens with zero attached hydrogens (tertiary/aromatic N) is 3. The molecule has 3 nitrogen and oxygen atoms in total. The topological polar surface area (TPSA) is 18.8 Å². The van der Waals surface area contributed by atoms with Crippen molar-refractivity contribution < 1.29 is 0 Å². The van der Waals surface area contributed by atoms with Crippen LogP contribution in [0.5, 0.6) is 0 Å². The van der Waals surface area contributed by atoms with E-state index in [1.54, 1.807) is 0 Å². The summed E-state index contributed by atoms with van der Waals surface area (Å²) < 4.78 is 0. The zero-order valence-corrected chi connectivity index (χ0v) is 6.32. The quantitative estimate of drug-likeness (QED) is 0.456. The average Bonchev–Trinajstić information content (AvgIpc) is 2.33. The van der Waals surface area contributed by atoms with Crippen molar-refractivity contribution in [1.29, 1.82) is 0 Å². The zero-order chi connectivity index (χ0) is 6.97. The molecule has 2 aliphatic rings. The Morgan fingerprint density at radius 2 is 2.40 bits per heavy atom. The number of likely N-dealkylation sites (N-methyl/N-ethyl adjacent to an activating group) is 1. The van der Waals surface area contributed by atoms with Crippen molar-refractivity contribution in [2.75, 3.05) is 33.2 Å². The van der Waals surface area contributed by atoms with Crippen molar-refractivity contribution in [1.82, 2.24) is 9.80 Å². The summed E-state index contributed by atoms with van der Waals surface area (Å²) in [5.74, 6) is 0. The molecule has 0 aliphatic carbocycles. The van der Waals surface area contributed by atoms with Gasteiger partial charge < -0.3 is 9.80 Å². The van der Waals surface area contributed by atoms with Crippen LogP contribution in [0.3, 0.4) is 0 Å². The molecule has 0 radical (unpaired) electrons. The Labute approximate surface area is 61.3 Å². The van der Waals surface area contributed by atoms with Crippen LogP contribution in [-0.2, 0) is 0 Å². The largest absolute Gasteiger partial charge is 0.356 e. The average molecular weight is 139 g/mol. The minimum atomic E-state index is 0.679. The maximum Gasteiger partial charge on any atom is 0.0854 e. The molecule has 1 saturated heterocycles. The smallest absolute Gasteiger partial charge is 0.0854 e. The predicted molar refractivity (Wildman–Crippen MR) is 41.4 cm³/mol. The Bertz CT molecular complexity index is 155. The van der Waals surface area contributed by atoms with Gasteiger partial charge in [-0.05, 0) is 7.05 Å². The van der Waals surface area contributed by atoms with Crippen molar-refractivity contribution in [3.63, 3.8) is 0 Å². The molecule has 0 amide bonds. The van der Waals surface area contributed by atoms with E-state index < -0.39 is 0 Å². The monoisotopic (exact) mass is 139 g/mol. The molecule has 0 aromatic rings. The van der Waals surface area contributed by atoms with E-state index in [0.29, 0.717) is 6.04 Å². The van der Waals surface area contributed by atoms with Gasteiger partial charge in [-0.25, -0.2) is 0 Å². The lowest BCUT2D eigenvalue weighted by Gasteiger charge is -2.34. The number of aliphatic imine (C=N–C) groups is 1. The van der Waals surface area contributed by atoms with E-state index >= 15 is 0 Å². The summed E-state index contributed by atoms with van der Waals surface area (Å²) in [6.45, 7) is 4.53. The van der Waals surface area contributed by atoms with Crippen LogP contribution in [0.2, 0.25) is 0 Å². The van der Waals surface area contributed by atoms with E-state index in [9.17, 15) is 0 Å². The number of hydrogen-bond acceptors (Lipinski definition) is 3. The van der Waals surface area contributed by atoms with Gasteiger partial charge in [0.1, 0.15) is 0 Å². The first-order chi connectivity index (χ1) is 4.86. The first-order valence-corrected chi connectivity index (χ1v) is 3.80. The Kier molecular flexibility index (Phi) is 1.38. The molecule has 10 heavy (non-hydrogen) atoms. The number of fused-ring (bicyclic) bond motifs is 1. The molecular formula is C7H13N3. The second-order valence-electron chi connectivity index (χ2n) is 3.13. The van der Waals surface area contributed by atoms with E-state index in [1.165, 1.54) is 13.1 Å². The normalized spacial score (nSPS) is 32.9. The molecule has 0 bridgehead atoms. The van der Waals surface area contributed by atoms with Crippen LogP contribution < -0.4 is 0 Å². The minimum Gasteiger partial charge on any atom is -0.356 e. The Morgan fingerprint density at radius 3 is 3.30 bits per heavy atom. The van der Waals surface area contributed by atoms with Gasteiger partial charge in [0, 0.05) is 19.6 Å². The molecule has 0 saturated carbocycles. The van der Waals surface area contributed by atoms with Crippen molar-refractivity contribution in [2.45, 2.75) is 6.04 Å². The second kappa shape index (κ2) is 2.23. The summed E-state index contributed by atoms with van der Waals surface area (Å²) in [5, 5.41) is 0. The fourth-order valence-electron chi connectivity index (χ4n) is 1.61. The molecule has 3 heteroatoms. The van der Waals surface area contributed by atoms with Crippen LogP contribution in [-0.4, -0.2) is 55.4 Å². The van der Waals surface area contributed by atoms with Gasteiger partial charge in [0.15, 0.2) is 0 Å². The highest BCUT2D eigenvalue weighted by molar-refractivity contribution is 5.58. The van der Waals surface area contributed by atoms with Crippen LogP contribution in [0.4, 0.5) is 0 Å². The molecule has 1 atom stereocenters. The zero-order valence-electron chi connectivity index (χ0n) is 6.32. The maximum absolute atomic E-state index is 4.24. The van der Waals surface area contributed by atoms with Crippen LogP contribution in [0.1, 0.15) is 0 Å². The van der Waals surface area contributed by atoms with Gasteiger partial charge in [-0.3, -0.25) is 4.99 Å². The van der Waals surface area contributed by atoms with Crippen molar-refractivity contribution in [2.24, 2.45) is 4.99 Å². The third kappa shape index (κ3) is 0.904. The predicted octanol–water partition coefficient (Wildman–Crippen LogP) is -0.356. The third-order valence-corrected chi connectivity index (χ3v) is 2.28. The number of piperazine rings is 1. The van der Waals surface area contributed by atoms with Crippen LogP contribution in [0, 0.1) is 0 Å². The lowest BCUT2D eigenvalue weighted by molar-refractivity contribution is 0.170. The lowest BCUT2D eigenvalue weighted by Crippen LogP contribution is -2.49. The SMILES string of the molecule is CN1CCN2C=NCC2C1. The van der Waals surface area contributed by atoms with Gasteiger partial charge in [-0.2, -0.15) is 0 Å². The van der Waals surface area contributed by atoms with Crippen molar-refractivity contribution in [3.8, 4) is 0 Å². The molecule has 2 aliphatic heterocycles. The Morgan fingerprint density at radius 1 is 1.50 bits per heavy atom. The van der Waals surface area contributed by atoms with Gasteiger partial charge in [-0.15, -0.1) is 0 Å². The summed E-state index contributed by atoms with van der Waals surface area (Å²) in [7, 11) is 2.18. The second-order valence-corrected chi connectivity index (χ2v) is 3.13. The third-order valence-electron chi connectivity index (χ3n) is 2.28. The number of hydrogen-bond donors (Lipinski definition) is 0. The summed E-state index contributed by atoms with van der Waals surface area (Å²) in [5.41, 5.74) is 0. The summed E-state index contributed by atoms with van der Waals surface area (Å²) in [6, 6.07) is 0.679. The Balaban J connectivity index is 2.01. The first-order valence-electron chi connectivity index (χ1n) is 3.80. The minimum absolute atomic E-state index is 0.679. The fourth-order valence-corrected chi connectivity index (χ4v) is 1.61. The van der Waals surface area contributed by atoms with E-state index in [-0.39, 0.29) is 0 Å². The first kappa shape index (κ1) is 6.16. The van der Waals surface area contributed by atoms with E-state index in [4.69, 9.17) is 0 Å². The summed E-state index contributed by atoms with van der Waals surface area (Å²) >= 11 is 0. The molecule has 2 heterocycles. The van der Waals surface area contributed by atoms with Gasteiger partial charge in [0.25, 0.3) is 0 Å². The number of rotatable bonds is 0. The molecular weight excluding hydrogens is 126 g/mol. The molecule has 1 fully saturated rings.